The van der Waals surface area contributed by atoms with Crippen LogP contribution in [0.15, 0.2) is 46.0 Å². The van der Waals surface area contributed by atoms with Gasteiger partial charge in [-0.1, -0.05) is 34.1 Å². The Hall–Kier alpha value is -2.67. The number of hydrogen-bond acceptors (Lipinski definition) is 4. The summed E-state index contributed by atoms with van der Waals surface area (Å²) in [4.78, 5) is 23.3. The molecule has 26 heavy (non-hydrogen) atoms. The van der Waals surface area contributed by atoms with Crippen molar-refractivity contribution in [1.29, 1.82) is 0 Å². The molecule has 0 aliphatic carbocycles. The van der Waals surface area contributed by atoms with E-state index < -0.39 is 6.09 Å². The predicted molar refractivity (Wildman–Crippen MR) is 103 cm³/mol. The van der Waals surface area contributed by atoms with Gasteiger partial charge in [-0.05, 0) is 48.7 Å². The van der Waals surface area contributed by atoms with E-state index >= 15 is 0 Å². The fraction of sp³-hybridized carbons (Fsp3) is 0.211. The number of hydrogen-bond donors (Lipinski definition) is 2. The lowest BCUT2D eigenvalue weighted by Crippen LogP contribution is -2.30. The molecule has 2 aromatic carbocycles. The topological polar surface area (TPSA) is 79.8 Å². The van der Waals surface area contributed by atoms with E-state index in [9.17, 15) is 9.59 Å². The second kappa shape index (κ2) is 7.70. The van der Waals surface area contributed by atoms with Crippen LogP contribution in [0.1, 0.15) is 22.3 Å². The SMILES string of the molecule is Cc1cc(CC(=O)Nc2ccc(C3=NNC(=O)OC3)cc2)c(C)cc1Br. The molecule has 1 aliphatic rings. The van der Waals surface area contributed by atoms with Gasteiger partial charge in [-0.2, -0.15) is 5.10 Å². The molecule has 0 unspecified atom stereocenters. The second-order valence-corrected chi connectivity index (χ2v) is 6.93. The van der Waals surface area contributed by atoms with E-state index in [0.29, 0.717) is 17.8 Å². The molecule has 0 aromatic heterocycles. The molecule has 2 aromatic rings. The molecular formula is C19H18BrN3O3. The van der Waals surface area contributed by atoms with Crippen molar-refractivity contribution in [2.45, 2.75) is 20.3 Å². The van der Waals surface area contributed by atoms with Crippen LogP contribution in [0.3, 0.4) is 0 Å². The van der Waals surface area contributed by atoms with Crippen LogP contribution in [0.4, 0.5) is 10.5 Å². The van der Waals surface area contributed by atoms with Crippen LogP contribution < -0.4 is 10.7 Å². The number of amides is 2. The Balaban J connectivity index is 1.65. The van der Waals surface area contributed by atoms with Crippen LogP contribution in [-0.2, 0) is 16.0 Å². The molecule has 1 aliphatic heterocycles. The lowest BCUT2D eigenvalue weighted by atomic mass is 10.0. The summed E-state index contributed by atoms with van der Waals surface area (Å²) in [7, 11) is 0. The smallest absolute Gasteiger partial charge is 0.428 e. The molecule has 1 heterocycles. The number of nitrogens with zero attached hydrogens (tertiary/aromatic N) is 1. The molecular weight excluding hydrogens is 398 g/mol. The molecule has 0 atom stereocenters. The summed E-state index contributed by atoms with van der Waals surface area (Å²) in [6.45, 7) is 4.12. The van der Waals surface area contributed by atoms with Gasteiger partial charge in [-0.3, -0.25) is 4.79 Å². The zero-order chi connectivity index (χ0) is 18.7. The van der Waals surface area contributed by atoms with Gasteiger partial charge < -0.3 is 10.1 Å². The van der Waals surface area contributed by atoms with E-state index in [4.69, 9.17) is 4.74 Å². The number of rotatable bonds is 4. The maximum atomic E-state index is 12.3. The molecule has 0 saturated carbocycles. The first-order valence-electron chi connectivity index (χ1n) is 8.07. The molecule has 3 rings (SSSR count). The third-order valence-electron chi connectivity index (χ3n) is 4.09. The van der Waals surface area contributed by atoms with Gasteiger partial charge in [0.05, 0.1) is 6.42 Å². The maximum Gasteiger partial charge on any atom is 0.428 e. The highest BCUT2D eigenvalue weighted by atomic mass is 79.9. The van der Waals surface area contributed by atoms with E-state index in [-0.39, 0.29) is 12.5 Å². The van der Waals surface area contributed by atoms with Crippen LogP contribution in [-0.4, -0.2) is 24.3 Å². The number of carbonyl (C=O) groups excluding carboxylic acids is 2. The first kappa shape index (κ1) is 18.1. The van der Waals surface area contributed by atoms with Gasteiger partial charge in [-0.25, -0.2) is 10.2 Å². The van der Waals surface area contributed by atoms with Gasteiger partial charge in [0.2, 0.25) is 5.91 Å². The van der Waals surface area contributed by atoms with Gasteiger partial charge in [-0.15, -0.1) is 0 Å². The zero-order valence-electron chi connectivity index (χ0n) is 14.4. The minimum Gasteiger partial charge on any atom is -0.442 e. The molecule has 0 bridgehead atoms. The number of nitrogens with one attached hydrogen (secondary N) is 2. The Morgan fingerprint density at radius 2 is 1.96 bits per heavy atom. The van der Waals surface area contributed by atoms with E-state index in [1.54, 1.807) is 12.1 Å². The summed E-state index contributed by atoms with van der Waals surface area (Å²) >= 11 is 3.50. The van der Waals surface area contributed by atoms with Crippen molar-refractivity contribution in [3.05, 3.63) is 63.1 Å². The summed E-state index contributed by atoms with van der Waals surface area (Å²) in [5.41, 5.74) is 7.60. The quantitative estimate of drug-likeness (QED) is 0.798. The third-order valence-corrected chi connectivity index (χ3v) is 4.95. The average molecular weight is 416 g/mol. The second-order valence-electron chi connectivity index (χ2n) is 6.08. The van der Waals surface area contributed by atoms with Crippen molar-refractivity contribution in [2.75, 3.05) is 11.9 Å². The Labute approximate surface area is 159 Å². The van der Waals surface area contributed by atoms with Crippen molar-refractivity contribution >= 4 is 39.3 Å². The molecule has 0 radical (unpaired) electrons. The molecule has 2 N–H and O–H groups in total. The van der Waals surface area contributed by atoms with Crippen molar-refractivity contribution in [3.63, 3.8) is 0 Å². The summed E-state index contributed by atoms with van der Waals surface area (Å²) in [6.07, 6.45) is -0.245. The minimum absolute atomic E-state index is 0.0758. The monoisotopic (exact) mass is 415 g/mol. The predicted octanol–water partition coefficient (Wildman–Crippen LogP) is 3.69. The van der Waals surface area contributed by atoms with Crippen LogP contribution >= 0.6 is 15.9 Å². The summed E-state index contributed by atoms with van der Waals surface area (Å²) < 4.78 is 5.92. The van der Waals surface area contributed by atoms with Crippen LogP contribution in [0.25, 0.3) is 0 Å². The first-order valence-corrected chi connectivity index (χ1v) is 8.87. The Kier molecular flexibility index (Phi) is 5.37. The highest BCUT2D eigenvalue weighted by Crippen LogP contribution is 2.22. The highest BCUT2D eigenvalue weighted by molar-refractivity contribution is 9.10. The van der Waals surface area contributed by atoms with E-state index in [1.807, 2.05) is 38.1 Å². The fourth-order valence-electron chi connectivity index (χ4n) is 2.61. The summed E-state index contributed by atoms with van der Waals surface area (Å²) in [6, 6.07) is 11.3. The number of carbonyl (C=O) groups is 2. The first-order chi connectivity index (χ1) is 12.4. The van der Waals surface area contributed by atoms with Crippen molar-refractivity contribution in [3.8, 4) is 0 Å². The van der Waals surface area contributed by atoms with Gasteiger partial charge in [0, 0.05) is 15.7 Å². The molecule has 0 saturated heterocycles. The summed E-state index contributed by atoms with van der Waals surface area (Å²) in [5, 5.41) is 6.85. The van der Waals surface area contributed by atoms with Crippen molar-refractivity contribution in [2.24, 2.45) is 5.10 Å². The lowest BCUT2D eigenvalue weighted by Gasteiger charge is -2.13. The maximum absolute atomic E-state index is 12.3. The van der Waals surface area contributed by atoms with Gasteiger partial charge in [0.25, 0.3) is 0 Å². The van der Waals surface area contributed by atoms with Crippen LogP contribution in [0.2, 0.25) is 0 Å². The van der Waals surface area contributed by atoms with Gasteiger partial charge in [0.15, 0.2) is 0 Å². The van der Waals surface area contributed by atoms with Crippen LogP contribution in [0.5, 0.6) is 0 Å². The summed E-state index contributed by atoms with van der Waals surface area (Å²) in [5.74, 6) is -0.0758. The van der Waals surface area contributed by atoms with E-state index in [1.165, 1.54) is 0 Å². The van der Waals surface area contributed by atoms with Crippen molar-refractivity contribution < 1.29 is 14.3 Å². The number of halogens is 1. The van der Waals surface area contributed by atoms with Gasteiger partial charge in [0.1, 0.15) is 12.3 Å². The van der Waals surface area contributed by atoms with Gasteiger partial charge >= 0.3 is 6.09 Å². The normalized spacial score (nSPS) is 13.5. The molecule has 6 nitrogen and oxygen atoms in total. The largest absolute Gasteiger partial charge is 0.442 e. The zero-order valence-corrected chi connectivity index (χ0v) is 16.0. The van der Waals surface area contributed by atoms with Crippen LogP contribution in [0, 0.1) is 13.8 Å². The fourth-order valence-corrected chi connectivity index (χ4v) is 3.07. The Morgan fingerprint density at radius 3 is 2.62 bits per heavy atom. The molecule has 2 amide bonds. The number of benzene rings is 2. The highest BCUT2D eigenvalue weighted by Gasteiger charge is 2.14. The number of ether oxygens (including phenoxy) is 1. The lowest BCUT2D eigenvalue weighted by molar-refractivity contribution is -0.115. The minimum atomic E-state index is -0.559. The standard InChI is InChI=1S/C19H18BrN3O3/c1-11-8-16(20)12(2)7-14(11)9-18(24)21-15-5-3-13(4-6-15)17-10-26-19(25)23-22-17/h3-8H,9-10H2,1-2H3,(H,21,24)(H,23,25). The number of anilines is 1. The van der Waals surface area contributed by atoms with E-state index in [0.717, 1.165) is 26.7 Å². The third kappa shape index (κ3) is 4.29. The molecule has 134 valence electrons. The Bertz CT molecular complexity index is 892. The van der Waals surface area contributed by atoms with Crippen molar-refractivity contribution in [1.82, 2.24) is 5.43 Å². The number of cyclic esters (lactones) is 1. The molecule has 0 fully saturated rings. The molecule has 0 spiro atoms. The Morgan fingerprint density at radius 1 is 1.23 bits per heavy atom. The number of aryl methyl sites for hydroxylation is 2. The average Bonchev–Trinajstić information content (AvgIpc) is 2.61. The van der Waals surface area contributed by atoms with E-state index in [2.05, 4.69) is 31.8 Å². The number of hydrazone groups is 1. The molecule has 7 heteroatoms.